The van der Waals surface area contributed by atoms with Gasteiger partial charge in [-0.05, 0) is 180 Å². The molecule has 2 aliphatic heterocycles. The molecular formula is C65H110N6O4. The minimum absolute atomic E-state index is 0.0285. The average molecular weight is 1040 g/mol. The van der Waals surface area contributed by atoms with Crippen molar-refractivity contribution in [3.05, 3.63) is 70.6 Å². The lowest BCUT2D eigenvalue weighted by Gasteiger charge is -2.35. The Balaban J connectivity index is 0.000000698. The summed E-state index contributed by atoms with van der Waals surface area (Å²) < 4.78 is 5.84. The molecule has 3 N–H and O–H groups in total. The summed E-state index contributed by atoms with van der Waals surface area (Å²) in [6, 6.07) is 10.6. The van der Waals surface area contributed by atoms with E-state index in [1.54, 1.807) is 14.0 Å². The van der Waals surface area contributed by atoms with Crippen LogP contribution in [0.2, 0.25) is 0 Å². The predicted molar refractivity (Wildman–Crippen MR) is 319 cm³/mol. The minimum atomic E-state index is -0.530. The number of nitrogens with one attached hydrogen (secondary N) is 3. The lowest BCUT2D eigenvalue weighted by Crippen LogP contribution is -2.56. The summed E-state index contributed by atoms with van der Waals surface area (Å²) in [7, 11) is 3.77. The van der Waals surface area contributed by atoms with Gasteiger partial charge in [0.1, 0.15) is 6.29 Å². The van der Waals surface area contributed by atoms with Gasteiger partial charge in [0, 0.05) is 51.0 Å². The summed E-state index contributed by atoms with van der Waals surface area (Å²) in [5.74, 6) is 2.66. The van der Waals surface area contributed by atoms with Crippen LogP contribution in [0.15, 0.2) is 42.6 Å². The van der Waals surface area contributed by atoms with Crippen LogP contribution in [0.1, 0.15) is 213 Å². The van der Waals surface area contributed by atoms with Crippen molar-refractivity contribution in [1.29, 1.82) is 0 Å². The number of hydrogen-bond acceptors (Lipinski definition) is 9. The number of benzene rings is 1. The van der Waals surface area contributed by atoms with Crippen LogP contribution in [0.25, 0.3) is 16.7 Å². The lowest BCUT2D eigenvalue weighted by atomic mass is 9.75. The number of likely N-dealkylation sites (tertiary alicyclic amines) is 1. The molecule has 2 saturated carbocycles. The molecule has 10 heteroatoms. The number of Topliss-reactive ketones (excluding diaryl/α,β-unsaturated/α-hetero) is 1. The molecule has 6 rings (SSSR count). The average Bonchev–Trinajstić information content (AvgIpc) is 3.89. The zero-order valence-corrected chi connectivity index (χ0v) is 50.5. The van der Waals surface area contributed by atoms with Gasteiger partial charge in [0.25, 0.3) is 0 Å². The molecule has 3 heterocycles. The van der Waals surface area contributed by atoms with Crippen LogP contribution in [-0.4, -0.2) is 111 Å². The van der Waals surface area contributed by atoms with Crippen LogP contribution in [0.4, 0.5) is 0 Å². The van der Waals surface area contributed by atoms with Crippen molar-refractivity contribution in [2.75, 3.05) is 66.5 Å². The molecule has 0 radical (unpaired) electrons. The van der Waals surface area contributed by atoms with E-state index in [2.05, 4.69) is 145 Å². The Labute approximate surface area is 459 Å². The van der Waals surface area contributed by atoms with Gasteiger partial charge in [-0.2, -0.15) is 0 Å². The van der Waals surface area contributed by atoms with E-state index < -0.39 is 6.04 Å². The third-order valence-electron chi connectivity index (χ3n) is 16.2. The molecular weight excluding hydrogens is 929 g/mol. The van der Waals surface area contributed by atoms with Crippen molar-refractivity contribution in [1.82, 2.24) is 30.7 Å². The van der Waals surface area contributed by atoms with Crippen LogP contribution in [0.5, 0.6) is 0 Å². The van der Waals surface area contributed by atoms with Crippen molar-refractivity contribution in [3.63, 3.8) is 0 Å². The monoisotopic (exact) mass is 1040 g/mol. The maximum atomic E-state index is 14.2. The predicted octanol–water partition coefficient (Wildman–Crippen LogP) is 13.6. The smallest absolute Gasteiger partial charge is 0.238 e. The number of rotatable bonds is 26. The van der Waals surface area contributed by atoms with E-state index in [1.807, 2.05) is 13.2 Å². The summed E-state index contributed by atoms with van der Waals surface area (Å²) in [5.41, 5.74) is 10.0. The van der Waals surface area contributed by atoms with Gasteiger partial charge in [0.2, 0.25) is 5.91 Å². The second-order valence-electron chi connectivity index (χ2n) is 23.8. The highest BCUT2D eigenvalue weighted by Crippen LogP contribution is 2.44. The third kappa shape index (κ3) is 22.4. The van der Waals surface area contributed by atoms with E-state index in [1.165, 1.54) is 90.5 Å². The van der Waals surface area contributed by atoms with Crippen molar-refractivity contribution in [2.45, 2.75) is 205 Å². The number of allylic oxidation sites excluding steroid dienone is 2. The first-order valence-electron chi connectivity index (χ1n) is 30.0. The number of aryl methyl sites for hydroxylation is 1. The number of ketones is 1. The van der Waals surface area contributed by atoms with Gasteiger partial charge in [0.15, 0.2) is 5.78 Å². The molecule has 2 aliphatic carbocycles. The van der Waals surface area contributed by atoms with Crippen molar-refractivity contribution < 1.29 is 19.1 Å². The number of aldehydes is 1. The summed E-state index contributed by atoms with van der Waals surface area (Å²) in [6.07, 6.45) is 22.7. The van der Waals surface area contributed by atoms with E-state index in [4.69, 9.17) is 9.72 Å². The zero-order valence-electron chi connectivity index (χ0n) is 50.5. The Morgan fingerprint density at radius 3 is 2.23 bits per heavy atom. The second kappa shape index (κ2) is 35.1. The molecule has 10 nitrogen and oxygen atoms in total. The summed E-state index contributed by atoms with van der Waals surface area (Å²) in [5, 5.41) is 9.99. The molecule has 1 aromatic heterocycles. The molecule has 1 aromatic carbocycles. The number of ether oxygens (including phenoxy) is 1. The highest BCUT2D eigenvalue weighted by atomic mass is 16.5. The number of nitrogens with zero attached hydrogens (tertiary/aromatic N) is 3. The van der Waals surface area contributed by atoms with Gasteiger partial charge in [-0.1, -0.05) is 138 Å². The Hall–Kier alpha value is -3.54. The molecule has 424 valence electrons. The minimum Gasteiger partial charge on any atom is -0.375 e. The standard InChI is InChI=1S/C49H75N5O3.C9H21N.C4H6O.C3H8/c1-11-49(8,9)28-43(45(33(3)4)41-20-15-24-51-46(41)36(7)57-10)42-27-39(22-21-34(42)5)40-19-16-25-53(31-40)32-44(35(6)55)52-48(56)47(38-17-13-14-18-38)54-26-23-37(30-54)29-50-12-2;1-4-9(2)7-5-6-8-10-3;5-3-4-1-2-4;1-3-2/h15,19-22,24,27,33,36-38,44,47,50H,11-14,16-18,23,25-26,28-32H2,1-10H3,(H,52,56);9-10H,4-8H2,1-3H3;3-4H,1-2H2;3H2,1-2H3/b45-43+;;;/t;9-;;/m.1../s1. The van der Waals surface area contributed by atoms with Gasteiger partial charge in [-0.3, -0.25) is 24.4 Å². The molecule has 2 aromatic rings. The molecule has 75 heavy (non-hydrogen) atoms. The van der Waals surface area contributed by atoms with Crippen LogP contribution >= 0.6 is 0 Å². The number of unbranched alkanes of at least 4 members (excludes halogenated alkanes) is 1. The van der Waals surface area contributed by atoms with E-state index >= 15 is 0 Å². The van der Waals surface area contributed by atoms with Gasteiger partial charge < -0.3 is 25.5 Å². The van der Waals surface area contributed by atoms with Gasteiger partial charge >= 0.3 is 0 Å². The molecule has 1 amide bonds. The molecule has 0 spiro atoms. The number of pyridine rings is 1. The van der Waals surface area contributed by atoms with Gasteiger partial charge in [-0.25, -0.2) is 0 Å². The Morgan fingerprint density at radius 2 is 1.65 bits per heavy atom. The first kappa shape index (κ1) is 65.7. The topological polar surface area (TPSA) is 116 Å². The summed E-state index contributed by atoms with van der Waals surface area (Å²) in [6.45, 7) is 35.8. The van der Waals surface area contributed by atoms with Gasteiger partial charge in [-0.15, -0.1) is 0 Å². The third-order valence-corrected chi connectivity index (χ3v) is 16.2. The van der Waals surface area contributed by atoms with E-state index in [9.17, 15) is 14.4 Å². The van der Waals surface area contributed by atoms with Crippen LogP contribution in [-0.2, 0) is 19.1 Å². The SMILES string of the molecule is CCC.CCNCC1CCN(C(C(=O)NC(CN2CCC=C(c3ccc(C)c(/C(CC(C)(C)CC)=C(/c4cccnc4C(C)OC)C(C)C)c3)C2)C(C)=O)C2CCCC2)C1.CC[C@@H](C)CCCCNC.O=CC1CC1. The van der Waals surface area contributed by atoms with Crippen LogP contribution in [0.3, 0.4) is 0 Å². The van der Waals surface area contributed by atoms with E-state index in [0.29, 0.717) is 24.3 Å². The second-order valence-corrected chi connectivity index (χ2v) is 23.8. The molecule has 4 unspecified atom stereocenters. The Morgan fingerprint density at radius 1 is 0.947 bits per heavy atom. The highest BCUT2D eigenvalue weighted by Gasteiger charge is 2.40. The summed E-state index contributed by atoms with van der Waals surface area (Å²) in [4.78, 5) is 46.7. The molecule has 3 fully saturated rings. The van der Waals surface area contributed by atoms with Crippen molar-refractivity contribution in [2.24, 2.45) is 35.0 Å². The molecule has 1 saturated heterocycles. The van der Waals surface area contributed by atoms with Crippen LogP contribution < -0.4 is 16.0 Å². The van der Waals surface area contributed by atoms with E-state index in [0.717, 1.165) is 109 Å². The highest BCUT2D eigenvalue weighted by molar-refractivity contribution is 5.94. The molecule has 5 atom stereocenters. The number of carbonyl (C=O) groups is 3. The van der Waals surface area contributed by atoms with E-state index in [-0.39, 0.29) is 35.2 Å². The zero-order chi connectivity index (χ0) is 55.5. The maximum absolute atomic E-state index is 14.2. The van der Waals surface area contributed by atoms with Crippen molar-refractivity contribution in [3.8, 4) is 0 Å². The number of hydrogen-bond donors (Lipinski definition) is 3. The maximum Gasteiger partial charge on any atom is 0.238 e. The Bertz CT molecular complexity index is 2030. The first-order valence-corrected chi connectivity index (χ1v) is 30.0. The fraction of sp³-hybridized carbons (Fsp3) is 0.723. The Kier molecular flexibility index (Phi) is 30.7. The molecule has 0 bridgehead atoms. The number of aromatic nitrogens is 1. The van der Waals surface area contributed by atoms with Crippen molar-refractivity contribution >= 4 is 34.7 Å². The fourth-order valence-corrected chi connectivity index (χ4v) is 10.8. The summed E-state index contributed by atoms with van der Waals surface area (Å²) >= 11 is 0. The normalized spacial score (nSPS) is 19.3. The fourth-order valence-electron chi connectivity index (χ4n) is 10.8. The number of methoxy groups -OCH3 is 1. The number of amides is 1. The van der Waals surface area contributed by atoms with Gasteiger partial charge in [0.05, 0.1) is 23.9 Å². The molecule has 4 aliphatic rings. The largest absolute Gasteiger partial charge is 0.375 e. The quantitative estimate of drug-likeness (QED) is 0.0626. The van der Waals surface area contributed by atoms with Crippen LogP contribution in [0, 0.1) is 41.9 Å². The number of carbonyl (C=O) groups excluding carboxylic acids is 3. The first-order chi connectivity index (χ1) is 35.9. The lowest BCUT2D eigenvalue weighted by molar-refractivity contribution is -0.132.